The third kappa shape index (κ3) is 4.04. The molecule has 134 valence electrons. The van der Waals surface area contributed by atoms with Crippen molar-refractivity contribution in [1.29, 1.82) is 0 Å². The van der Waals surface area contributed by atoms with E-state index in [0.29, 0.717) is 10.8 Å². The molecule has 3 aromatic rings. The van der Waals surface area contributed by atoms with E-state index >= 15 is 0 Å². The van der Waals surface area contributed by atoms with Crippen molar-refractivity contribution in [3.8, 4) is 0 Å². The Morgan fingerprint density at radius 3 is 2.42 bits per heavy atom. The van der Waals surface area contributed by atoms with Gasteiger partial charge in [0.1, 0.15) is 0 Å². The Hall–Kier alpha value is -2.84. The summed E-state index contributed by atoms with van der Waals surface area (Å²) in [6.45, 7) is 0. The highest BCUT2D eigenvalue weighted by molar-refractivity contribution is 7.92. The van der Waals surface area contributed by atoms with Crippen LogP contribution in [0, 0.1) is 0 Å². The fourth-order valence-corrected chi connectivity index (χ4v) is 3.46. The monoisotopic (exact) mass is 390 g/mol. The minimum atomic E-state index is -3.86. The first-order chi connectivity index (χ1) is 12.3. The average Bonchev–Trinajstić information content (AvgIpc) is 3.00. The lowest BCUT2D eigenvalue weighted by molar-refractivity contribution is 0.102. The molecule has 0 atom stereocenters. The molecule has 1 heterocycles. The van der Waals surface area contributed by atoms with Gasteiger partial charge in [-0.05, 0) is 36.4 Å². The van der Waals surface area contributed by atoms with E-state index in [-0.39, 0.29) is 16.1 Å². The van der Waals surface area contributed by atoms with E-state index in [2.05, 4.69) is 15.1 Å². The zero-order chi connectivity index (χ0) is 18.7. The average molecular weight is 391 g/mol. The first kappa shape index (κ1) is 18.0. The van der Waals surface area contributed by atoms with E-state index in [9.17, 15) is 13.2 Å². The van der Waals surface area contributed by atoms with E-state index in [1.54, 1.807) is 36.1 Å². The van der Waals surface area contributed by atoms with Gasteiger partial charge in [-0.15, -0.1) is 0 Å². The molecule has 0 radical (unpaired) electrons. The molecule has 0 fully saturated rings. The van der Waals surface area contributed by atoms with Crippen LogP contribution in [0.2, 0.25) is 5.02 Å². The van der Waals surface area contributed by atoms with Gasteiger partial charge in [0.15, 0.2) is 5.82 Å². The minimum Gasteiger partial charge on any atom is -0.305 e. The molecule has 0 spiro atoms. The number of benzene rings is 2. The van der Waals surface area contributed by atoms with E-state index in [1.165, 1.54) is 36.4 Å². The lowest BCUT2D eigenvalue weighted by Crippen LogP contribution is -2.18. The van der Waals surface area contributed by atoms with Crippen molar-refractivity contribution in [2.75, 3.05) is 10.0 Å². The van der Waals surface area contributed by atoms with Gasteiger partial charge in [-0.1, -0.05) is 23.7 Å². The van der Waals surface area contributed by atoms with Crippen molar-refractivity contribution in [2.24, 2.45) is 7.05 Å². The summed E-state index contributed by atoms with van der Waals surface area (Å²) in [5.74, 6) is -0.106. The van der Waals surface area contributed by atoms with Gasteiger partial charge in [0.2, 0.25) is 0 Å². The number of amides is 1. The van der Waals surface area contributed by atoms with E-state index in [1.807, 2.05) is 0 Å². The van der Waals surface area contributed by atoms with Gasteiger partial charge in [-0.3, -0.25) is 14.2 Å². The van der Waals surface area contributed by atoms with Crippen LogP contribution in [0.4, 0.5) is 11.5 Å². The zero-order valence-corrected chi connectivity index (χ0v) is 15.3. The van der Waals surface area contributed by atoms with Crippen LogP contribution in [0.5, 0.6) is 0 Å². The number of rotatable bonds is 5. The molecule has 0 unspecified atom stereocenters. The lowest BCUT2D eigenvalue weighted by Gasteiger charge is -2.12. The number of nitrogens with one attached hydrogen (secondary N) is 2. The number of aryl methyl sites for hydroxylation is 1. The van der Waals surface area contributed by atoms with E-state index in [4.69, 9.17) is 11.6 Å². The number of nitrogens with zero attached hydrogens (tertiary/aromatic N) is 2. The predicted molar refractivity (Wildman–Crippen MR) is 99.9 cm³/mol. The molecule has 0 aliphatic heterocycles. The van der Waals surface area contributed by atoms with Crippen molar-refractivity contribution in [2.45, 2.75) is 4.90 Å². The second kappa shape index (κ2) is 7.19. The van der Waals surface area contributed by atoms with Crippen molar-refractivity contribution in [3.63, 3.8) is 0 Å². The van der Waals surface area contributed by atoms with Gasteiger partial charge in [0, 0.05) is 24.3 Å². The smallest absolute Gasteiger partial charge is 0.261 e. The summed E-state index contributed by atoms with van der Waals surface area (Å²) in [7, 11) is -2.14. The van der Waals surface area contributed by atoms with Gasteiger partial charge in [0.05, 0.1) is 16.1 Å². The highest BCUT2D eigenvalue weighted by atomic mass is 35.5. The maximum atomic E-state index is 12.5. The quantitative estimate of drug-likeness (QED) is 0.699. The van der Waals surface area contributed by atoms with Crippen LogP contribution < -0.4 is 10.0 Å². The van der Waals surface area contributed by atoms with Crippen LogP contribution in [-0.4, -0.2) is 24.1 Å². The number of sulfonamides is 1. The Morgan fingerprint density at radius 1 is 1.08 bits per heavy atom. The first-order valence-electron chi connectivity index (χ1n) is 7.53. The Balaban J connectivity index is 1.87. The summed E-state index contributed by atoms with van der Waals surface area (Å²) in [5.41, 5.74) is 0.339. The molecule has 0 saturated carbocycles. The normalized spacial score (nSPS) is 11.2. The van der Waals surface area contributed by atoms with Gasteiger partial charge >= 0.3 is 0 Å². The molecule has 9 heteroatoms. The first-order valence-corrected chi connectivity index (χ1v) is 9.40. The molecule has 2 N–H and O–H groups in total. The summed E-state index contributed by atoms with van der Waals surface area (Å²) >= 11 is 5.79. The molecule has 0 aliphatic rings. The fourth-order valence-electron chi connectivity index (χ4n) is 2.25. The maximum Gasteiger partial charge on any atom is 0.261 e. The zero-order valence-electron chi connectivity index (χ0n) is 13.7. The Bertz CT molecular complexity index is 1050. The molecule has 1 amide bonds. The second-order valence-corrected chi connectivity index (χ2v) is 7.55. The molecule has 0 bridgehead atoms. The van der Waals surface area contributed by atoms with Crippen LogP contribution in [0.25, 0.3) is 0 Å². The van der Waals surface area contributed by atoms with Crippen molar-refractivity contribution >= 4 is 39.0 Å². The Labute approximate surface area is 155 Å². The van der Waals surface area contributed by atoms with Gasteiger partial charge < -0.3 is 5.32 Å². The highest BCUT2D eigenvalue weighted by Gasteiger charge is 2.19. The molecule has 3 rings (SSSR count). The molecule has 0 aliphatic carbocycles. The number of hydrogen-bond acceptors (Lipinski definition) is 4. The molecule has 7 nitrogen and oxygen atoms in total. The summed E-state index contributed by atoms with van der Waals surface area (Å²) in [4.78, 5) is 12.5. The number of hydrogen-bond donors (Lipinski definition) is 2. The number of para-hydroxylation sites is 1. The largest absolute Gasteiger partial charge is 0.305 e. The van der Waals surface area contributed by atoms with Gasteiger partial charge in [-0.25, -0.2) is 8.42 Å². The molecule has 1 aromatic heterocycles. The molecular formula is C17H15ClN4O3S. The molecule has 26 heavy (non-hydrogen) atoms. The van der Waals surface area contributed by atoms with Crippen LogP contribution in [-0.2, 0) is 17.1 Å². The molecular weight excluding hydrogens is 376 g/mol. The number of aromatic nitrogens is 2. The summed E-state index contributed by atoms with van der Waals surface area (Å²) < 4.78 is 29.1. The van der Waals surface area contributed by atoms with Gasteiger partial charge in [-0.2, -0.15) is 5.10 Å². The van der Waals surface area contributed by atoms with Crippen LogP contribution in [0.1, 0.15) is 10.4 Å². The number of carbonyl (C=O) groups excluding carboxylic acids is 1. The third-order valence-electron chi connectivity index (χ3n) is 3.50. The minimum absolute atomic E-state index is 0.0434. The van der Waals surface area contributed by atoms with Crippen molar-refractivity contribution in [1.82, 2.24) is 9.78 Å². The van der Waals surface area contributed by atoms with Crippen molar-refractivity contribution in [3.05, 3.63) is 71.4 Å². The number of anilines is 2. The molecule has 0 saturated heterocycles. The Morgan fingerprint density at radius 2 is 1.77 bits per heavy atom. The van der Waals surface area contributed by atoms with Crippen molar-refractivity contribution < 1.29 is 13.2 Å². The van der Waals surface area contributed by atoms with Crippen LogP contribution in [0.3, 0.4) is 0 Å². The third-order valence-corrected chi connectivity index (χ3v) is 5.13. The number of carbonyl (C=O) groups is 1. The Kier molecular flexibility index (Phi) is 4.97. The summed E-state index contributed by atoms with van der Waals surface area (Å²) in [5, 5.41) is 7.13. The predicted octanol–water partition coefficient (Wildman–Crippen LogP) is 3.13. The summed E-state index contributed by atoms with van der Waals surface area (Å²) in [6, 6.07) is 13.7. The highest BCUT2D eigenvalue weighted by Crippen LogP contribution is 2.22. The number of halogens is 1. The summed E-state index contributed by atoms with van der Waals surface area (Å²) in [6.07, 6.45) is 1.69. The van der Waals surface area contributed by atoms with E-state index in [0.717, 1.165) is 0 Å². The van der Waals surface area contributed by atoms with Crippen LogP contribution in [0.15, 0.2) is 65.7 Å². The van der Waals surface area contributed by atoms with Gasteiger partial charge in [0.25, 0.3) is 15.9 Å². The molecule has 2 aromatic carbocycles. The topological polar surface area (TPSA) is 93.1 Å². The lowest BCUT2D eigenvalue weighted by atomic mass is 10.1. The second-order valence-electron chi connectivity index (χ2n) is 5.43. The van der Waals surface area contributed by atoms with Crippen LogP contribution >= 0.6 is 11.6 Å². The van der Waals surface area contributed by atoms with E-state index < -0.39 is 15.9 Å². The maximum absolute atomic E-state index is 12.5. The fraction of sp³-hybridized carbons (Fsp3) is 0.0588. The standard InChI is InChI=1S/C17H15ClN4O3S/c1-22-11-10-16(20-22)19-17(23)14-4-2-3-5-15(14)21-26(24,25)13-8-6-12(18)7-9-13/h2-11,21H,1H3,(H,19,20,23). The SMILES string of the molecule is Cn1ccc(NC(=O)c2ccccc2NS(=O)(=O)c2ccc(Cl)cc2)n1.